The largest absolute Gasteiger partial charge is 0.345 e. The molecule has 3 nitrogen and oxygen atoms in total. The number of amides is 1. The molecule has 0 radical (unpaired) electrons. The minimum absolute atomic E-state index is 0.0228. The predicted molar refractivity (Wildman–Crippen MR) is 69.5 cm³/mol. The monoisotopic (exact) mass is 252 g/mol. The van der Waals surface area contributed by atoms with Gasteiger partial charge in [0.2, 0.25) is 0 Å². The molecule has 17 heavy (non-hydrogen) atoms. The summed E-state index contributed by atoms with van der Waals surface area (Å²) in [6.07, 6.45) is 0.945. The fraction of sp³-hybridized carbons (Fsp3) is 0.462. The lowest BCUT2D eigenvalue weighted by molar-refractivity contribution is 0.0827. The van der Waals surface area contributed by atoms with Crippen LogP contribution in [0.5, 0.6) is 0 Å². The van der Waals surface area contributed by atoms with E-state index in [0.29, 0.717) is 11.5 Å². The molecule has 2 rings (SSSR count). The Morgan fingerprint density at radius 3 is 2.71 bits per heavy atom. The van der Waals surface area contributed by atoms with Crippen molar-refractivity contribution in [1.29, 1.82) is 0 Å². The molecular formula is C13H17ClN2O. The molecule has 92 valence electrons. The van der Waals surface area contributed by atoms with Gasteiger partial charge in [-0.25, -0.2) is 0 Å². The van der Waals surface area contributed by atoms with Gasteiger partial charge in [0.15, 0.2) is 0 Å². The predicted octanol–water partition coefficient (Wildman–Crippen LogP) is 1.80. The van der Waals surface area contributed by atoms with Crippen LogP contribution in [0.15, 0.2) is 18.2 Å². The smallest absolute Gasteiger partial charge is 0.253 e. The number of benzene rings is 1. The highest BCUT2D eigenvalue weighted by Gasteiger charge is 2.19. The second-order valence-corrected chi connectivity index (χ2v) is 5.14. The Bertz CT molecular complexity index is 427. The number of carbonyl (C=O) groups excluding carboxylic acids is 1. The van der Waals surface area contributed by atoms with Crippen molar-refractivity contribution < 1.29 is 4.79 Å². The number of carbonyl (C=O) groups is 1. The summed E-state index contributed by atoms with van der Waals surface area (Å²) in [5.74, 6) is 0.673. The van der Waals surface area contributed by atoms with Crippen LogP contribution < -0.4 is 5.32 Å². The molecule has 1 aromatic rings. The summed E-state index contributed by atoms with van der Waals surface area (Å²) in [4.78, 5) is 13.4. The maximum atomic E-state index is 11.8. The van der Waals surface area contributed by atoms with Crippen LogP contribution in [0.25, 0.3) is 0 Å². The molecule has 0 atom stereocenters. The van der Waals surface area contributed by atoms with Crippen molar-refractivity contribution in [3.05, 3.63) is 34.3 Å². The van der Waals surface area contributed by atoms with Gasteiger partial charge in [-0.15, -0.1) is 0 Å². The van der Waals surface area contributed by atoms with Crippen molar-refractivity contribution in [2.24, 2.45) is 5.92 Å². The lowest BCUT2D eigenvalue weighted by Crippen LogP contribution is -2.43. The van der Waals surface area contributed by atoms with Crippen LogP contribution in [0.4, 0.5) is 0 Å². The maximum absolute atomic E-state index is 11.8. The van der Waals surface area contributed by atoms with Gasteiger partial charge in [0.05, 0.1) is 0 Å². The van der Waals surface area contributed by atoms with E-state index in [1.54, 1.807) is 25.1 Å². The van der Waals surface area contributed by atoms with Gasteiger partial charge in [0.25, 0.3) is 5.91 Å². The van der Waals surface area contributed by atoms with Gasteiger partial charge in [0.1, 0.15) is 0 Å². The highest BCUT2D eigenvalue weighted by Crippen LogP contribution is 2.22. The molecule has 1 fully saturated rings. The zero-order valence-electron chi connectivity index (χ0n) is 10.2. The second-order valence-electron chi connectivity index (χ2n) is 4.73. The number of halogens is 1. The summed E-state index contributed by atoms with van der Waals surface area (Å²) in [7, 11) is 3.51. The normalized spacial score (nSPS) is 15.5. The fourth-order valence-electron chi connectivity index (χ4n) is 1.93. The Morgan fingerprint density at radius 1 is 1.47 bits per heavy atom. The molecule has 4 heteroatoms. The Kier molecular flexibility index (Phi) is 3.69. The summed E-state index contributed by atoms with van der Waals surface area (Å²) in [6.45, 7) is 2.09. The summed E-state index contributed by atoms with van der Waals surface area (Å²) >= 11 is 6.16. The first kappa shape index (κ1) is 12.4. The standard InChI is InChI=1S/C13H17ClN2O/c1-16(2)13(17)10-3-4-12(14)11(6-10)5-9-7-15-8-9/h3-4,6,9,15H,5,7-8H2,1-2H3. The summed E-state index contributed by atoms with van der Waals surface area (Å²) < 4.78 is 0. The molecule has 1 aromatic carbocycles. The van der Waals surface area contributed by atoms with Crippen molar-refractivity contribution in [2.45, 2.75) is 6.42 Å². The minimum Gasteiger partial charge on any atom is -0.345 e. The first-order valence-electron chi connectivity index (χ1n) is 5.78. The van der Waals surface area contributed by atoms with Crippen molar-refractivity contribution in [3.63, 3.8) is 0 Å². The Hall–Kier alpha value is -1.06. The Balaban J connectivity index is 2.19. The zero-order chi connectivity index (χ0) is 12.4. The number of hydrogen-bond acceptors (Lipinski definition) is 2. The molecule has 0 saturated carbocycles. The first-order chi connectivity index (χ1) is 8.08. The molecular weight excluding hydrogens is 236 g/mol. The third-order valence-corrected chi connectivity index (χ3v) is 3.44. The molecule has 1 amide bonds. The number of hydrogen-bond donors (Lipinski definition) is 1. The molecule has 1 N–H and O–H groups in total. The second kappa shape index (κ2) is 5.07. The Morgan fingerprint density at radius 2 is 2.18 bits per heavy atom. The summed E-state index contributed by atoms with van der Waals surface area (Å²) in [6, 6.07) is 5.52. The van der Waals surface area contributed by atoms with Crippen LogP contribution in [0.2, 0.25) is 5.02 Å². The topological polar surface area (TPSA) is 32.3 Å². The number of rotatable bonds is 3. The number of nitrogens with zero attached hydrogens (tertiary/aromatic N) is 1. The average molecular weight is 253 g/mol. The van der Waals surface area contributed by atoms with Crippen LogP contribution in [0, 0.1) is 5.92 Å². The quantitative estimate of drug-likeness (QED) is 0.890. The van der Waals surface area contributed by atoms with Crippen LogP contribution >= 0.6 is 11.6 Å². The lowest BCUT2D eigenvalue weighted by atomic mass is 9.93. The molecule has 1 heterocycles. The van der Waals surface area contributed by atoms with Crippen molar-refractivity contribution in [3.8, 4) is 0 Å². The molecule has 1 aliphatic rings. The van der Waals surface area contributed by atoms with E-state index in [0.717, 1.165) is 30.1 Å². The van der Waals surface area contributed by atoms with Gasteiger partial charge in [-0.3, -0.25) is 4.79 Å². The average Bonchev–Trinajstić information content (AvgIpc) is 2.24. The molecule has 0 aromatic heterocycles. The lowest BCUT2D eigenvalue weighted by Gasteiger charge is -2.27. The number of nitrogens with one attached hydrogen (secondary N) is 1. The highest BCUT2D eigenvalue weighted by atomic mass is 35.5. The van der Waals surface area contributed by atoms with Crippen molar-refractivity contribution in [1.82, 2.24) is 10.2 Å². The van der Waals surface area contributed by atoms with E-state index in [4.69, 9.17) is 11.6 Å². The van der Waals surface area contributed by atoms with E-state index in [-0.39, 0.29) is 5.91 Å². The highest BCUT2D eigenvalue weighted by molar-refractivity contribution is 6.31. The SMILES string of the molecule is CN(C)C(=O)c1ccc(Cl)c(CC2CNC2)c1. The van der Waals surface area contributed by atoms with Crippen molar-refractivity contribution >= 4 is 17.5 Å². The van der Waals surface area contributed by atoms with Gasteiger partial charge in [-0.1, -0.05) is 11.6 Å². The Labute approximate surface area is 107 Å². The zero-order valence-corrected chi connectivity index (χ0v) is 10.9. The third kappa shape index (κ3) is 2.79. The summed E-state index contributed by atoms with van der Waals surface area (Å²) in [5.41, 5.74) is 1.78. The maximum Gasteiger partial charge on any atom is 0.253 e. The first-order valence-corrected chi connectivity index (χ1v) is 6.16. The van der Waals surface area contributed by atoms with Crippen LogP contribution in [-0.2, 0) is 6.42 Å². The van der Waals surface area contributed by atoms with Crippen molar-refractivity contribution in [2.75, 3.05) is 27.2 Å². The van der Waals surface area contributed by atoms with E-state index < -0.39 is 0 Å². The molecule has 0 unspecified atom stereocenters. The molecule has 0 aliphatic carbocycles. The molecule has 0 bridgehead atoms. The summed E-state index contributed by atoms with van der Waals surface area (Å²) in [5, 5.41) is 3.99. The van der Waals surface area contributed by atoms with E-state index in [9.17, 15) is 4.79 Å². The van der Waals surface area contributed by atoms with Crippen LogP contribution in [-0.4, -0.2) is 38.0 Å². The molecule has 0 spiro atoms. The van der Waals surface area contributed by atoms with Gasteiger partial charge in [0, 0.05) is 24.7 Å². The minimum atomic E-state index is 0.0228. The van der Waals surface area contributed by atoms with E-state index in [1.165, 1.54) is 0 Å². The fourth-order valence-corrected chi connectivity index (χ4v) is 2.12. The molecule has 1 aliphatic heterocycles. The van der Waals surface area contributed by atoms with E-state index in [2.05, 4.69) is 5.32 Å². The van der Waals surface area contributed by atoms with Gasteiger partial charge in [-0.05, 0) is 49.2 Å². The van der Waals surface area contributed by atoms with Gasteiger partial charge >= 0.3 is 0 Å². The van der Waals surface area contributed by atoms with Crippen LogP contribution in [0.1, 0.15) is 15.9 Å². The van der Waals surface area contributed by atoms with Gasteiger partial charge in [-0.2, -0.15) is 0 Å². The van der Waals surface area contributed by atoms with Crippen LogP contribution in [0.3, 0.4) is 0 Å². The molecule has 1 saturated heterocycles. The third-order valence-electron chi connectivity index (χ3n) is 3.07. The van der Waals surface area contributed by atoms with E-state index >= 15 is 0 Å². The van der Waals surface area contributed by atoms with E-state index in [1.807, 2.05) is 12.1 Å². The van der Waals surface area contributed by atoms with Gasteiger partial charge < -0.3 is 10.2 Å².